The van der Waals surface area contributed by atoms with Crippen LogP contribution in [-0.4, -0.2) is 71.6 Å². The van der Waals surface area contributed by atoms with Gasteiger partial charge < -0.3 is 25.0 Å². The Labute approximate surface area is 186 Å². The van der Waals surface area contributed by atoms with Crippen molar-refractivity contribution in [2.75, 3.05) is 51.9 Å². The van der Waals surface area contributed by atoms with Crippen LogP contribution in [-0.2, 0) is 0 Å². The molecule has 0 saturated heterocycles. The number of rotatable bonds is 12. The average Bonchev–Trinajstić information content (AvgIpc) is 2.82. The normalized spacial score (nSPS) is 10.8. The third-order valence-corrected chi connectivity index (χ3v) is 4.91. The van der Waals surface area contributed by atoms with Gasteiger partial charge in [-0.15, -0.1) is 0 Å². The highest BCUT2D eigenvalue weighted by molar-refractivity contribution is 5.93. The minimum Gasteiger partial charge on any atom is -0.493 e. The maximum atomic E-state index is 9.10. The maximum Gasteiger partial charge on any atom is 0.163 e. The molecule has 0 radical (unpaired) electrons. The van der Waals surface area contributed by atoms with Crippen molar-refractivity contribution in [3.05, 3.63) is 48.3 Å². The molecule has 0 fully saturated rings. The van der Waals surface area contributed by atoms with Gasteiger partial charge in [-0.2, -0.15) is 5.26 Å². The molecule has 0 aliphatic rings. The predicted octanol–water partition coefficient (Wildman–Crippen LogP) is 2.31. The molecule has 3 rings (SSSR count). The molecule has 9 heteroatoms. The lowest BCUT2D eigenvalue weighted by atomic mass is 10.2. The molecule has 0 aliphatic carbocycles. The van der Waals surface area contributed by atoms with Gasteiger partial charge in [-0.25, -0.2) is 9.97 Å². The van der Waals surface area contributed by atoms with Gasteiger partial charge >= 0.3 is 0 Å². The number of nitriles is 1. The summed E-state index contributed by atoms with van der Waals surface area (Å²) in [5.41, 5.74) is 2.09. The summed E-state index contributed by atoms with van der Waals surface area (Å²) in [7, 11) is 1.58. The molecule has 9 nitrogen and oxygen atoms in total. The molecule has 1 aromatic heterocycles. The molecule has 0 amide bonds. The van der Waals surface area contributed by atoms with E-state index in [0.717, 1.165) is 17.5 Å². The number of fused-ring (bicyclic) bond motifs is 1. The fourth-order valence-corrected chi connectivity index (χ4v) is 3.29. The lowest BCUT2D eigenvalue weighted by Crippen LogP contribution is -2.31. The first-order chi connectivity index (χ1) is 15.7. The Morgan fingerprint density at radius 3 is 2.44 bits per heavy atom. The SMILES string of the molecule is COc1cc2c(Nc3ccc(C#N)cc3)ncnc2cc1OCCCN(CCO)CCO. The van der Waals surface area contributed by atoms with E-state index in [2.05, 4.69) is 21.4 Å². The molecule has 0 aliphatic heterocycles. The van der Waals surface area contributed by atoms with Crippen molar-refractivity contribution < 1.29 is 19.7 Å². The smallest absolute Gasteiger partial charge is 0.163 e. The highest BCUT2D eigenvalue weighted by Gasteiger charge is 2.12. The van der Waals surface area contributed by atoms with E-state index in [9.17, 15) is 0 Å². The second-order valence-corrected chi connectivity index (χ2v) is 7.05. The third-order valence-electron chi connectivity index (χ3n) is 4.91. The predicted molar refractivity (Wildman–Crippen MR) is 121 cm³/mol. The van der Waals surface area contributed by atoms with Gasteiger partial charge in [0.2, 0.25) is 0 Å². The summed E-state index contributed by atoms with van der Waals surface area (Å²) in [5.74, 6) is 1.77. The van der Waals surface area contributed by atoms with Gasteiger partial charge in [0.05, 0.1) is 44.1 Å². The summed E-state index contributed by atoms with van der Waals surface area (Å²) in [6.45, 7) is 2.31. The minimum absolute atomic E-state index is 0.0535. The van der Waals surface area contributed by atoms with E-state index in [-0.39, 0.29) is 13.2 Å². The summed E-state index contributed by atoms with van der Waals surface area (Å²) in [4.78, 5) is 10.7. The quantitative estimate of drug-likeness (QED) is 0.366. The molecule has 1 heterocycles. The largest absolute Gasteiger partial charge is 0.493 e. The van der Waals surface area contributed by atoms with Crippen molar-refractivity contribution in [1.82, 2.24) is 14.9 Å². The van der Waals surface area contributed by atoms with Crippen molar-refractivity contribution in [3.63, 3.8) is 0 Å². The molecular weight excluding hydrogens is 410 g/mol. The van der Waals surface area contributed by atoms with Gasteiger partial charge in [-0.05, 0) is 36.8 Å². The lowest BCUT2D eigenvalue weighted by molar-refractivity contribution is 0.152. The van der Waals surface area contributed by atoms with Crippen LogP contribution in [0.2, 0.25) is 0 Å². The van der Waals surface area contributed by atoms with Crippen molar-refractivity contribution in [2.24, 2.45) is 0 Å². The second kappa shape index (κ2) is 11.8. The highest BCUT2D eigenvalue weighted by atomic mass is 16.5. The van der Waals surface area contributed by atoms with Crippen LogP contribution in [0.15, 0.2) is 42.7 Å². The molecule has 0 atom stereocenters. The van der Waals surface area contributed by atoms with Crippen LogP contribution < -0.4 is 14.8 Å². The Hall–Kier alpha value is -3.45. The van der Waals surface area contributed by atoms with Gasteiger partial charge in [0.15, 0.2) is 11.5 Å². The number of hydrogen-bond donors (Lipinski definition) is 3. The van der Waals surface area contributed by atoms with Crippen LogP contribution in [0, 0.1) is 11.3 Å². The van der Waals surface area contributed by atoms with Crippen LogP contribution >= 0.6 is 0 Å². The summed E-state index contributed by atoms with van der Waals surface area (Å²) in [6.07, 6.45) is 2.21. The number of aromatic nitrogens is 2. The Morgan fingerprint density at radius 2 is 1.78 bits per heavy atom. The zero-order chi connectivity index (χ0) is 22.8. The fourth-order valence-electron chi connectivity index (χ4n) is 3.29. The van der Waals surface area contributed by atoms with Gasteiger partial charge in [-0.3, -0.25) is 4.90 Å². The zero-order valence-corrected chi connectivity index (χ0v) is 18.0. The van der Waals surface area contributed by atoms with Crippen molar-refractivity contribution >= 4 is 22.4 Å². The molecule has 32 heavy (non-hydrogen) atoms. The topological polar surface area (TPSA) is 124 Å². The third kappa shape index (κ3) is 6.04. The maximum absolute atomic E-state index is 9.10. The minimum atomic E-state index is 0.0535. The van der Waals surface area contributed by atoms with E-state index in [4.69, 9.17) is 24.9 Å². The van der Waals surface area contributed by atoms with E-state index in [1.165, 1.54) is 6.33 Å². The Bertz CT molecular complexity index is 1050. The van der Waals surface area contributed by atoms with Crippen LogP contribution in [0.1, 0.15) is 12.0 Å². The van der Waals surface area contributed by atoms with Crippen molar-refractivity contribution in [3.8, 4) is 17.6 Å². The van der Waals surface area contributed by atoms with Gasteiger partial charge in [0, 0.05) is 36.8 Å². The number of aliphatic hydroxyl groups is 2. The molecule has 0 saturated carbocycles. The molecule has 3 N–H and O–H groups in total. The van der Waals surface area contributed by atoms with Crippen LogP contribution in [0.5, 0.6) is 11.5 Å². The first-order valence-corrected chi connectivity index (χ1v) is 10.3. The number of methoxy groups -OCH3 is 1. The number of nitrogens with zero attached hydrogens (tertiary/aromatic N) is 4. The number of nitrogens with one attached hydrogen (secondary N) is 1. The first-order valence-electron chi connectivity index (χ1n) is 10.3. The van der Waals surface area contributed by atoms with Crippen molar-refractivity contribution in [1.29, 1.82) is 5.26 Å². The van der Waals surface area contributed by atoms with Crippen LogP contribution in [0.3, 0.4) is 0 Å². The van der Waals surface area contributed by atoms with Gasteiger partial charge in [-0.1, -0.05) is 0 Å². The molecule has 0 bridgehead atoms. The van der Waals surface area contributed by atoms with E-state index < -0.39 is 0 Å². The highest BCUT2D eigenvalue weighted by Crippen LogP contribution is 2.34. The molecule has 0 spiro atoms. The Morgan fingerprint density at radius 1 is 1.03 bits per heavy atom. The van der Waals surface area contributed by atoms with Gasteiger partial charge in [0.1, 0.15) is 12.1 Å². The molecule has 168 valence electrons. The number of anilines is 2. The first kappa shape index (κ1) is 23.2. The standard InChI is InChI=1S/C23H27N5O4/c1-31-21-13-19-20(14-22(21)32-12-2-7-28(8-10-29)9-11-30)25-16-26-23(19)27-18-5-3-17(15-24)4-6-18/h3-6,13-14,16,29-30H,2,7-12H2,1H3,(H,25,26,27). The van der Waals surface area contributed by atoms with E-state index in [1.807, 2.05) is 29.2 Å². The lowest BCUT2D eigenvalue weighted by Gasteiger charge is -2.20. The van der Waals surface area contributed by atoms with Crippen molar-refractivity contribution in [2.45, 2.75) is 6.42 Å². The van der Waals surface area contributed by atoms with E-state index in [0.29, 0.717) is 54.6 Å². The fraction of sp³-hybridized carbons (Fsp3) is 0.348. The summed E-state index contributed by atoms with van der Waals surface area (Å²) < 4.78 is 11.5. The van der Waals surface area contributed by atoms with E-state index >= 15 is 0 Å². The number of hydrogen-bond acceptors (Lipinski definition) is 9. The van der Waals surface area contributed by atoms with Crippen LogP contribution in [0.4, 0.5) is 11.5 Å². The Kier molecular flexibility index (Phi) is 8.57. The van der Waals surface area contributed by atoms with E-state index in [1.54, 1.807) is 19.2 Å². The summed E-state index contributed by atoms with van der Waals surface area (Å²) in [5, 5.41) is 31.2. The molecular formula is C23H27N5O4. The Balaban J connectivity index is 1.73. The molecule has 0 unspecified atom stereocenters. The summed E-state index contributed by atoms with van der Waals surface area (Å²) >= 11 is 0. The number of benzene rings is 2. The molecule has 2 aromatic carbocycles. The van der Waals surface area contributed by atoms with Gasteiger partial charge in [0.25, 0.3) is 0 Å². The number of ether oxygens (including phenoxy) is 2. The zero-order valence-electron chi connectivity index (χ0n) is 18.0. The van der Waals surface area contributed by atoms with Crippen LogP contribution in [0.25, 0.3) is 10.9 Å². The average molecular weight is 438 g/mol. The second-order valence-electron chi connectivity index (χ2n) is 7.05. The monoisotopic (exact) mass is 437 g/mol. The molecule has 3 aromatic rings. The number of aliphatic hydroxyl groups excluding tert-OH is 2. The summed E-state index contributed by atoms with van der Waals surface area (Å²) in [6, 6.07) is 12.9.